The Morgan fingerprint density at radius 2 is 2.17 bits per heavy atom. The first-order valence-electron chi connectivity index (χ1n) is 7.04. The van der Waals surface area contributed by atoms with E-state index in [1.807, 2.05) is 6.92 Å². The lowest BCUT2D eigenvalue weighted by atomic mass is 9.58. The van der Waals surface area contributed by atoms with E-state index in [0.29, 0.717) is 6.42 Å². The van der Waals surface area contributed by atoms with Crippen molar-refractivity contribution < 1.29 is 14.6 Å². The van der Waals surface area contributed by atoms with Crippen molar-refractivity contribution in [3.63, 3.8) is 0 Å². The molecule has 1 N–H and O–H groups in total. The van der Waals surface area contributed by atoms with Crippen molar-refractivity contribution in [2.75, 3.05) is 0 Å². The lowest BCUT2D eigenvalue weighted by Crippen LogP contribution is -2.49. The fraction of sp³-hybridized carbons (Fsp3) is 0.800. The molecule has 0 amide bonds. The van der Waals surface area contributed by atoms with Crippen molar-refractivity contribution in [2.24, 2.45) is 17.3 Å². The minimum Gasteiger partial charge on any atom is -0.457 e. The third-order valence-electron chi connectivity index (χ3n) is 5.48. The molecule has 0 aromatic heterocycles. The molecular formula is C15H22O3. The molecule has 3 nitrogen and oxygen atoms in total. The molecule has 2 fully saturated rings. The van der Waals surface area contributed by atoms with Crippen LogP contribution in [-0.4, -0.2) is 23.3 Å². The van der Waals surface area contributed by atoms with E-state index in [9.17, 15) is 9.90 Å². The van der Waals surface area contributed by atoms with Crippen LogP contribution in [0.5, 0.6) is 0 Å². The van der Waals surface area contributed by atoms with Crippen molar-refractivity contribution in [1.82, 2.24) is 0 Å². The molecule has 0 bridgehead atoms. The molecule has 1 saturated carbocycles. The van der Waals surface area contributed by atoms with Crippen LogP contribution in [0.3, 0.4) is 0 Å². The summed E-state index contributed by atoms with van der Waals surface area (Å²) < 4.78 is 5.62. The number of carbonyl (C=O) groups is 1. The number of allylic oxidation sites excluding steroid dienone is 1. The lowest BCUT2D eigenvalue weighted by Gasteiger charge is -2.49. The Balaban J connectivity index is 2.08. The fourth-order valence-corrected chi connectivity index (χ4v) is 4.27. The molecule has 3 aliphatic rings. The summed E-state index contributed by atoms with van der Waals surface area (Å²) >= 11 is 0. The predicted molar refractivity (Wildman–Crippen MR) is 67.8 cm³/mol. The average molecular weight is 250 g/mol. The zero-order valence-electron chi connectivity index (χ0n) is 11.4. The molecule has 18 heavy (non-hydrogen) atoms. The molecule has 3 heteroatoms. The molecule has 0 unspecified atom stereocenters. The van der Waals surface area contributed by atoms with Gasteiger partial charge in [-0.1, -0.05) is 19.4 Å². The number of ether oxygens (including phenoxy) is 1. The summed E-state index contributed by atoms with van der Waals surface area (Å²) in [6, 6.07) is 0. The van der Waals surface area contributed by atoms with E-state index in [2.05, 4.69) is 13.8 Å². The molecule has 0 spiro atoms. The number of esters is 1. The highest BCUT2D eigenvalue weighted by atomic mass is 16.6. The number of fused-ring (bicyclic) bond motifs is 3. The molecule has 1 saturated heterocycles. The number of hydrogen-bond donors (Lipinski definition) is 1. The maximum atomic E-state index is 11.8. The van der Waals surface area contributed by atoms with E-state index in [0.717, 1.165) is 19.3 Å². The zero-order valence-corrected chi connectivity index (χ0v) is 11.4. The summed E-state index contributed by atoms with van der Waals surface area (Å²) in [5, 5.41) is 10.5. The number of aliphatic hydroxyl groups excluding tert-OH is 1. The first-order valence-corrected chi connectivity index (χ1v) is 7.04. The second-order valence-corrected chi connectivity index (χ2v) is 6.53. The lowest BCUT2D eigenvalue weighted by molar-refractivity contribution is -0.143. The average Bonchev–Trinajstić information content (AvgIpc) is 2.57. The van der Waals surface area contributed by atoms with Crippen molar-refractivity contribution in [2.45, 2.75) is 58.7 Å². The standard InChI is InChI=1S/C15H22O3/c1-8-5-4-6-15(3)11(16)7-10-9(2)14(17)18-13(10)12(8)15/h9-11,13,16H,4-7H2,1-3H3/t9-,10-,11-,13-,15+/m0/s1. The monoisotopic (exact) mass is 250 g/mol. The second kappa shape index (κ2) is 3.83. The second-order valence-electron chi connectivity index (χ2n) is 6.53. The highest BCUT2D eigenvalue weighted by Crippen LogP contribution is 2.55. The van der Waals surface area contributed by atoms with Crippen LogP contribution in [0.4, 0.5) is 0 Å². The van der Waals surface area contributed by atoms with Gasteiger partial charge in [0.1, 0.15) is 6.10 Å². The maximum Gasteiger partial charge on any atom is 0.309 e. The number of aliphatic hydroxyl groups is 1. The third-order valence-corrected chi connectivity index (χ3v) is 5.48. The van der Waals surface area contributed by atoms with Gasteiger partial charge in [-0.3, -0.25) is 4.79 Å². The van der Waals surface area contributed by atoms with Crippen LogP contribution in [0.2, 0.25) is 0 Å². The van der Waals surface area contributed by atoms with Crippen molar-refractivity contribution in [3.05, 3.63) is 11.1 Å². The third kappa shape index (κ3) is 1.43. The number of rotatable bonds is 0. The minimum atomic E-state index is -0.332. The van der Waals surface area contributed by atoms with E-state index in [-0.39, 0.29) is 35.4 Å². The Bertz CT molecular complexity index is 425. The molecule has 2 aliphatic carbocycles. The summed E-state index contributed by atoms with van der Waals surface area (Å²) in [6.07, 6.45) is 3.51. The van der Waals surface area contributed by atoms with Crippen molar-refractivity contribution >= 4 is 5.97 Å². The predicted octanol–water partition coefficient (Wildman–Crippen LogP) is 2.44. The molecule has 0 radical (unpaired) electrons. The molecule has 0 aromatic rings. The van der Waals surface area contributed by atoms with Gasteiger partial charge in [-0.05, 0) is 38.2 Å². The van der Waals surface area contributed by atoms with Crippen LogP contribution >= 0.6 is 0 Å². The van der Waals surface area contributed by atoms with Crippen LogP contribution in [0, 0.1) is 17.3 Å². The van der Waals surface area contributed by atoms with Crippen LogP contribution in [-0.2, 0) is 9.53 Å². The minimum absolute atomic E-state index is 0.0683. The summed E-state index contributed by atoms with van der Waals surface area (Å²) in [5.41, 5.74) is 2.39. The van der Waals surface area contributed by atoms with Crippen molar-refractivity contribution in [1.29, 1.82) is 0 Å². The quantitative estimate of drug-likeness (QED) is 0.530. The van der Waals surface area contributed by atoms with E-state index < -0.39 is 0 Å². The van der Waals surface area contributed by atoms with Crippen molar-refractivity contribution in [3.8, 4) is 0 Å². The van der Waals surface area contributed by atoms with Gasteiger partial charge >= 0.3 is 5.97 Å². The van der Waals surface area contributed by atoms with E-state index in [1.54, 1.807) is 0 Å². The molecule has 1 heterocycles. The largest absolute Gasteiger partial charge is 0.457 e. The zero-order chi connectivity index (χ0) is 13.1. The molecule has 1 aliphatic heterocycles. The molecule has 0 aromatic carbocycles. The highest BCUT2D eigenvalue weighted by Gasteiger charge is 2.56. The van der Waals surface area contributed by atoms with Gasteiger partial charge in [0.05, 0.1) is 12.0 Å². The molecule has 3 rings (SSSR count). The van der Waals surface area contributed by atoms with Crippen LogP contribution in [0.25, 0.3) is 0 Å². The summed E-state index contributed by atoms with van der Waals surface area (Å²) in [7, 11) is 0. The first-order chi connectivity index (χ1) is 8.45. The summed E-state index contributed by atoms with van der Waals surface area (Å²) in [6.45, 7) is 6.21. The maximum absolute atomic E-state index is 11.8. The van der Waals surface area contributed by atoms with Gasteiger partial charge in [0.2, 0.25) is 0 Å². The van der Waals surface area contributed by atoms with Gasteiger partial charge in [-0.15, -0.1) is 0 Å². The SMILES string of the molecule is CC1=C2[C@H]3OC(=O)[C@@H](C)[C@@H]3C[C@H](O)[C@@]2(C)CCC1. The van der Waals surface area contributed by atoms with Crippen LogP contribution < -0.4 is 0 Å². The van der Waals surface area contributed by atoms with Gasteiger partial charge in [-0.2, -0.15) is 0 Å². The van der Waals surface area contributed by atoms with Crippen LogP contribution in [0.1, 0.15) is 46.5 Å². The van der Waals surface area contributed by atoms with Gasteiger partial charge < -0.3 is 9.84 Å². The highest BCUT2D eigenvalue weighted by molar-refractivity contribution is 5.76. The van der Waals surface area contributed by atoms with E-state index in [4.69, 9.17) is 4.74 Å². The van der Waals surface area contributed by atoms with Gasteiger partial charge in [0.15, 0.2) is 0 Å². The van der Waals surface area contributed by atoms with Crippen LogP contribution in [0.15, 0.2) is 11.1 Å². The molecular weight excluding hydrogens is 228 g/mol. The van der Waals surface area contributed by atoms with E-state index >= 15 is 0 Å². The number of carbonyl (C=O) groups excluding carboxylic acids is 1. The normalized spacial score (nSPS) is 47.7. The Morgan fingerprint density at radius 1 is 1.44 bits per heavy atom. The van der Waals surface area contributed by atoms with E-state index in [1.165, 1.54) is 11.1 Å². The Labute approximate surface area is 108 Å². The summed E-state index contributed by atoms with van der Waals surface area (Å²) in [5.74, 6) is 0.00683. The fourth-order valence-electron chi connectivity index (χ4n) is 4.27. The smallest absolute Gasteiger partial charge is 0.309 e. The Morgan fingerprint density at radius 3 is 2.89 bits per heavy atom. The topological polar surface area (TPSA) is 46.5 Å². The van der Waals surface area contributed by atoms with Gasteiger partial charge in [0.25, 0.3) is 0 Å². The Hall–Kier alpha value is -0.830. The first kappa shape index (κ1) is 12.2. The van der Waals surface area contributed by atoms with Gasteiger partial charge in [0, 0.05) is 11.3 Å². The Kier molecular flexibility index (Phi) is 2.60. The van der Waals surface area contributed by atoms with Gasteiger partial charge in [-0.25, -0.2) is 0 Å². The summed E-state index contributed by atoms with van der Waals surface area (Å²) in [4.78, 5) is 11.8. The number of hydrogen-bond acceptors (Lipinski definition) is 3. The molecule has 5 atom stereocenters. The molecule has 100 valence electrons.